The zero-order chi connectivity index (χ0) is 22.2. The van der Waals surface area contributed by atoms with Crippen molar-refractivity contribution in [1.29, 1.82) is 0 Å². The molecular formula is C25H22BrClN4O. The van der Waals surface area contributed by atoms with Gasteiger partial charge in [0.15, 0.2) is 0 Å². The van der Waals surface area contributed by atoms with E-state index in [0.717, 1.165) is 39.9 Å². The first-order valence-electron chi connectivity index (χ1n) is 10.5. The summed E-state index contributed by atoms with van der Waals surface area (Å²) < 4.78 is 1.01. The molecule has 2 aliphatic heterocycles. The lowest BCUT2D eigenvalue weighted by Crippen LogP contribution is -2.44. The molecule has 1 atom stereocenters. The van der Waals surface area contributed by atoms with Crippen LogP contribution < -0.4 is 15.4 Å². The molecule has 1 N–H and O–H groups in total. The molecule has 0 saturated heterocycles. The fourth-order valence-electron chi connectivity index (χ4n) is 4.25. The molecule has 2 aliphatic rings. The van der Waals surface area contributed by atoms with Gasteiger partial charge in [0.05, 0.1) is 22.4 Å². The summed E-state index contributed by atoms with van der Waals surface area (Å²) in [5, 5.41) is 9.14. The van der Waals surface area contributed by atoms with E-state index < -0.39 is 0 Å². The van der Waals surface area contributed by atoms with Gasteiger partial charge in [-0.15, -0.1) is 0 Å². The Bertz CT molecular complexity index is 1210. The number of para-hydroxylation sites is 1. The van der Waals surface area contributed by atoms with Gasteiger partial charge in [0, 0.05) is 17.4 Å². The van der Waals surface area contributed by atoms with Crippen LogP contribution in [0, 0.1) is 6.92 Å². The van der Waals surface area contributed by atoms with Crippen LogP contribution in [0.2, 0.25) is 5.02 Å². The molecule has 3 aromatic rings. The highest BCUT2D eigenvalue weighted by molar-refractivity contribution is 9.10. The number of hydrogen-bond donors (Lipinski definition) is 1. The van der Waals surface area contributed by atoms with Crippen molar-refractivity contribution < 1.29 is 4.79 Å². The molecule has 0 aliphatic carbocycles. The third-order valence-electron chi connectivity index (χ3n) is 5.90. The molecule has 2 heterocycles. The molecule has 1 amide bonds. The maximum absolute atomic E-state index is 13.2. The molecule has 0 aromatic heterocycles. The summed E-state index contributed by atoms with van der Waals surface area (Å²) in [6.07, 6.45) is 1.41. The molecule has 1 unspecified atom stereocenters. The maximum Gasteiger partial charge on any atom is 0.286 e. The van der Waals surface area contributed by atoms with Crippen LogP contribution in [0.5, 0.6) is 0 Å². The van der Waals surface area contributed by atoms with Crippen LogP contribution in [0.25, 0.3) is 0 Å². The highest BCUT2D eigenvalue weighted by atomic mass is 79.9. The van der Waals surface area contributed by atoms with Crippen molar-refractivity contribution in [1.82, 2.24) is 5.43 Å². The predicted molar refractivity (Wildman–Crippen MR) is 133 cm³/mol. The number of anilines is 2. The summed E-state index contributed by atoms with van der Waals surface area (Å²) in [7, 11) is 0. The fourth-order valence-corrected chi connectivity index (χ4v) is 4.84. The minimum atomic E-state index is -0.186. The number of benzene rings is 3. The van der Waals surface area contributed by atoms with Crippen molar-refractivity contribution in [2.45, 2.75) is 25.8 Å². The van der Waals surface area contributed by atoms with Gasteiger partial charge in [0.25, 0.3) is 5.91 Å². The summed E-state index contributed by atoms with van der Waals surface area (Å²) in [5.74, 6) is -0.186. The number of hydrazone groups is 1. The Kier molecular flexibility index (Phi) is 5.66. The summed E-state index contributed by atoms with van der Waals surface area (Å²) in [4.78, 5) is 13.2. The fraction of sp³-hybridized carbons (Fsp3) is 0.200. The molecule has 162 valence electrons. The lowest BCUT2D eigenvalue weighted by atomic mass is 10.0. The molecule has 3 aromatic carbocycles. The molecule has 0 saturated carbocycles. The number of hydrogen-bond acceptors (Lipinski definition) is 4. The van der Waals surface area contributed by atoms with Gasteiger partial charge in [0.2, 0.25) is 0 Å². The quantitative estimate of drug-likeness (QED) is 0.483. The van der Waals surface area contributed by atoms with E-state index in [4.69, 9.17) is 16.7 Å². The number of amides is 1. The number of hydrazine groups is 1. The van der Waals surface area contributed by atoms with Gasteiger partial charge in [-0.05, 0) is 60.4 Å². The van der Waals surface area contributed by atoms with Gasteiger partial charge >= 0.3 is 0 Å². The second kappa shape index (κ2) is 8.60. The van der Waals surface area contributed by atoms with Crippen LogP contribution in [0.4, 0.5) is 11.4 Å². The first-order chi connectivity index (χ1) is 15.5. The Labute approximate surface area is 200 Å². The van der Waals surface area contributed by atoms with Gasteiger partial charge in [-0.3, -0.25) is 20.2 Å². The topological polar surface area (TPSA) is 47.9 Å². The van der Waals surface area contributed by atoms with Gasteiger partial charge in [0.1, 0.15) is 5.71 Å². The number of fused-ring (bicyclic) bond motifs is 1. The molecule has 7 heteroatoms. The molecule has 5 rings (SSSR count). The van der Waals surface area contributed by atoms with Crippen molar-refractivity contribution >= 4 is 50.5 Å². The van der Waals surface area contributed by atoms with E-state index in [0.29, 0.717) is 17.2 Å². The maximum atomic E-state index is 13.2. The number of rotatable bonds is 4. The summed E-state index contributed by atoms with van der Waals surface area (Å²) >= 11 is 10.1. The van der Waals surface area contributed by atoms with Crippen LogP contribution in [0.15, 0.2) is 76.3 Å². The molecular weight excluding hydrogens is 488 g/mol. The van der Waals surface area contributed by atoms with Crippen LogP contribution in [-0.4, -0.2) is 18.2 Å². The Morgan fingerprint density at radius 2 is 1.88 bits per heavy atom. The Morgan fingerprint density at radius 1 is 1.09 bits per heavy atom. The number of carbonyl (C=O) groups is 1. The molecule has 32 heavy (non-hydrogen) atoms. The summed E-state index contributed by atoms with van der Waals surface area (Å²) in [6.45, 7) is 2.75. The number of halogens is 2. The molecule has 0 radical (unpaired) electrons. The van der Waals surface area contributed by atoms with Crippen LogP contribution >= 0.6 is 27.5 Å². The summed E-state index contributed by atoms with van der Waals surface area (Å²) in [6, 6.07) is 22.0. The highest BCUT2D eigenvalue weighted by Gasteiger charge is 2.34. The van der Waals surface area contributed by atoms with E-state index in [-0.39, 0.29) is 11.9 Å². The third kappa shape index (κ3) is 4.00. The van der Waals surface area contributed by atoms with E-state index in [1.807, 2.05) is 65.5 Å². The van der Waals surface area contributed by atoms with Gasteiger partial charge in [-0.1, -0.05) is 63.9 Å². The lowest BCUT2D eigenvalue weighted by Gasteiger charge is -2.25. The normalized spacial score (nSPS) is 17.3. The standard InChI is InChI=1S/C25H22BrClN4O/c1-16-6-11-23(20(27)14-16)31-24(18-7-9-19(26)10-8-18)15-21(28-31)25(32)29-30-13-12-17-4-2-3-5-22(17)30/h2-11,14,24H,12-13,15H2,1H3,(H,29,32). The molecule has 5 nitrogen and oxygen atoms in total. The van der Waals surface area contributed by atoms with Crippen LogP contribution in [0.3, 0.4) is 0 Å². The van der Waals surface area contributed by atoms with E-state index in [9.17, 15) is 4.79 Å². The van der Waals surface area contributed by atoms with E-state index >= 15 is 0 Å². The average molecular weight is 510 g/mol. The first-order valence-corrected chi connectivity index (χ1v) is 11.7. The van der Waals surface area contributed by atoms with Crippen molar-refractivity contribution in [2.75, 3.05) is 16.6 Å². The number of aryl methyl sites for hydroxylation is 1. The van der Waals surface area contributed by atoms with E-state index in [1.165, 1.54) is 5.56 Å². The first kappa shape index (κ1) is 21.0. The number of nitrogens with one attached hydrogen (secondary N) is 1. The van der Waals surface area contributed by atoms with E-state index in [2.05, 4.69) is 39.6 Å². The van der Waals surface area contributed by atoms with Crippen molar-refractivity contribution in [3.05, 3.63) is 92.9 Å². The molecule has 0 spiro atoms. The van der Waals surface area contributed by atoms with Crippen LogP contribution in [0.1, 0.15) is 29.2 Å². The smallest absolute Gasteiger partial charge is 0.285 e. The second-order valence-electron chi connectivity index (χ2n) is 8.09. The zero-order valence-corrected chi connectivity index (χ0v) is 19.9. The Hall–Kier alpha value is -2.83. The molecule has 0 fully saturated rings. The number of nitrogens with zero attached hydrogens (tertiary/aromatic N) is 3. The number of carbonyl (C=O) groups excluding carboxylic acids is 1. The third-order valence-corrected chi connectivity index (χ3v) is 6.73. The van der Waals surface area contributed by atoms with Gasteiger partial charge in [-0.2, -0.15) is 5.10 Å². The predicted octanol–water partition coefficient (Wildman–Crippen LogP) is 5.81. The lowest BCUT2D eigenvalue weighted by molar-refractivity contribution is -0.115. The zero-order valence-electron chi connectivity index (χ0n) is 17.6. The molecule has 0 bridgehead atoms. The Balaban J connectivity index is 1.44. The minimum absolute atomic E-state index is 0.116. The van der Waals surface area contributed by atoms with Crippen molar-refractivity contribution in [3.8, 4) is 0 Å². The largest absolute Gasteiger partial charge is 0.286 e. The van der Waals surface area contributed by atoms with Gasteiger partial charge in [-0.25, -0.2) is 0 Å². The minimum Gasteiger partial charge on any atom is -0.285 e. The monoisotopic (exact) mass is 508 g/mol. The van der Waals surface area contributed by atoms with E-state index in [1.54, 1.807) is 0 Å². The van der Waals surface area contributed by atoms with Crippen molar-refractivity contribution in [3.63, 3.8) is 0 Å². The highest BCUT2D eigenvalue weighted by Crippen LogP contribution is 2.39. The SMILES string of the molecule is Cc1ccc(N2N=C(C(=O)NN3CCc4ccccc43)CC2c2ccc(Br)cc2)c(Cl)c1. The van der Waals surface area contributed by atoms with Crippen LogP contribution in [-0.2, 0) is 11.2 Å². The van der Waals surface area contributed by atoms with Gasteiger partial charge < -0.3 is 0 Å². The Morgan fingerprint density at radius 3 is 2.66 bits per heavy atom. The average Bonchev–Trinajstić information content (AvgIpc) is 3.39. The second-order valence-corrected chi connectivity index (χ2v) is 9.41. The van der Waals surface area contributed by atoms with Crippen molar-refractivity contribution in [2.24, 2.45) is 5.10 Å². The summed E-state index contributed by atoms with van der Waals surface area (Å²) in [5.41, 5.74) is 8.76.